The van der Waals surface area contributed by atoms with E-state index in [2.05, 4.69) is 10.1 Å². The Morgan fingerprint density at radius 2 is 2.00 bits per heavy atom. The van der Waals surface area contributed by atoms with Crippen LogP contribution < -0.4 is 0 Å². The Hall–Kier alpha value is -1.27. The molecule has 0 spiro atoms. The highest BCUT2D eigenvalue weighted by atomic mass is 35.5. The zero-order chi connectivity index (χ0) is 14.9. The molecular formula is C12H10Cl2F3N3. The number of pyridine rings is 1. The van der Waals surface area contributed by atoms with Crippen LogP contribution in [0.3, 0.4) is 0 Å². The van der Waals surface area contributed by atoms with Crippen LogP contribution in [0.4, 0.5) is 13.2 Å². The molecule has 20 heavy (non-hydrogen) atoms. The van der Waals surface area contributed by atoms with Crippen molar-refractivity contribution >= 4 is 23.2 Å². The van der Waals surface area contributed by atoms with Gasteiger partial charge in [-0.05, 0) is 12.5 Å². The number of rotatable bonds is 3. The predicted octanol–water partition coefficient (Wildman–Crippen LogP) is 4.24. The molecule has 2 aromatic heterocycles. The maximum atomic E-state index is 12.6. The first kappa shape index (κ1) is 15.1. The lowest BCUT2D eigenvalue weighted by Crippen LogP contribution is -2.10. The average molecular weight is 324 g/mol. The minimum atomic E-state index is -4.48. The Bertz CT molecular complexity index is 623. The molecule has 0 unspecified atom stereocenters. The molecule has 0 aliphatic heterocycles. The summed E-state index contributed by atoms with van der Waals surface area (Å²) in [6.45, 7) is 1.89. The molecule has 0 atom stereocenters. The summed E-state index contributed by atoms with van der Waals surface area (Å²) >= 11 is 11.7. The van der Waals surface area contributed by atoms with Crippen molar-refractivity contribution in [3.8, 4) is 5.82 Å². The van der Waals surface area contributed by atoms with Crippen molar-refractivity contribution in [2.24, 2.45) is 0 Å². The van der Waals surface area contributed by atoms with E-state index in [1.165, 1.54) is 4.68 Å². The Labute approximate surface area is 123 Å². The van der Waals surface area contributed by atoms with E-state index in [-0.39, 0.29) is 16.7 Å². The average Bonchev–Trinajstić information content (AvgIpc) is 2.80. The fourth-order valence-electron chi connectivity index (χ4n) is 1.82. The van der Waals surface area contributed by atoms with E-state index in [1.807, 2.05) is 6.92 Å². The number of hydrogen-bond donors (Lipinski definition) is 0. The fraction of sp³-hybridized carbons (Fsp3) is 0.333. The second-order valence-electron chi connectivity index (χ2n) is 4.04. The van der Waals surface area contributed by atoms with Crippen molar-refractivity contribution in [2.45, 2.75) is 25.4 Å². The van der Waals surface area contributed by atoms with Gasteiger partial charge in [-0.25, -0.2) is 9.67 Å². The topological polar surface area (TPSA) is 30.7 Å². The van der Waals surface area contributed by atoms with Gasteiger partial charge in [0.1, 0.15) is 0 Å². The van der Waals surface area contributed by atoms with E-state index in [0.717, 1.165) is 23.5 Å². The smallest absolute Gasteiger partial charge is 0.235 e. The van der Waals surface area contributed by atoms with Gasteiger partial charge in [0, 0.05) is 11.8 Å². The van der Waals surface area contributed by atoms with E-state index >= 15 is 0 Å². The summed E-state index contributed by atoms with van der Waals surface area (Å²) in [7, 11) is 0. The van der Waals surface area contributed by atoms with Crippen molar-refractivity contribution in [2.75, 3.05) is 0 Å². The molecule has 0 saturated heterocycles. The summed E-state index contributed by atoms with van der Waals surface area (Å²) in [5.41, 5.74) is 0.676. The molecule has 2 rings (SSSR count). The van der Waals surface area contributed by atoms with Gasteiger partial charge < -0.3 is 0 Å². The molecule has 0 radical (unpaired) electrons. The highest BCUT2D eigenvalue weighted by Gasteiger charge is 2.32. The van der Waals surface area contributed by atoms with Gasteiger partial charge in [0.05, 0.1) is 28.4 Å². The van der Waals surface area contributed by atoms with Crippen LogP contribution in [0.25, 0.3) is 5.82 Å². The molecule has 0 amide bonds. The lowest BCUT2D eigenvalue weighted by molar-refractivity contribution is -0.137. The molecular weight excluding hydrogens is 314 g/mol. The minimum absolute atomic E-state index is 0.112. The van der Waals surface area contributed by atoms with E-state index < -0.39 is 11.7 Å². The van der Waals surface area contributed by atoms with E-state index in [9.17, 15) is 13.2 Å². The van der Waals surface area contributed by atoms with Gasteiger partial charge in [-0.2, -0.15) is 18.3 Å². The monoisotopic (exact) mass is 323 g/mol. The van der Waals surface area contributed by atoms with Gasteiger partial charge >= 0.3 is 6.18 Å². The Kier molecular flexibility index (Phi) is 4.25. The van der Waals surface area contributed by atoms with Crippen LogP contribution >= 0.6 is 23.2 Å². The maximum Gasteiger partial charge on any atom is 0.417 e. The minimum Gasteiger partial charge on any atom is -0.235 e. The van der Waals surface area contributed by atoms with Crippen molar-refractivity contribution in [1.29, 1.82) is 0 Å². The van der Waals surface area contributed by atoms with Crippen molar-refractivity contribution in [3.05, 3.63) is 40.3 Å². The highest BCUT2D eigenvalue weighted by Crippen LogP contribution is 2.32. The summed E-state index contributed by atoms with van der Waals surface area (Å²) in [5, 5.41) is 3.97. The van der Waals surface area contributed by atoms with Crippen molar-refractivity contribution < 1.29 is 13.2 Å². The van der Waals surface area contributed by atoms with Gasteiger partial charge in [-0.3, -0.25) is 0 Å². The van der Waals surface area contributed by atoms with Crippen LogP contribution in [-0.4, -0.2) is 14.8 Å². The van der Waals surface area contributed by atoms with E-state index in [1.54, 1.807) is 6.20 Å². The quantitative estimate of drug-likeness (QED) is 0.791. The molecule has 0 aliphatic rings. The molecule has 0 N–H and O–H groups in total. The first-order valence-corrected chi connectivity index (χ1v) is 6.64. The Morgan fingerprint density at radius 1 is 1.30 bits per heavy atom. The fourth-order valence-corrected chi connectivity index (χ4v) is 2.29. The number of alkyl halides is 4. The van der Waals surface area contributed by atoms with Gasteiger partial charge in [0.25, 0.3) is 0 Å². The summed E-state index contributed by atoms with van der Waals surface area (Å²) in [4.78, 5) is 3.78. The second-order valence-corrected chi connectivity index (χ2v) is 4.72. The third-order valence-corrected chi connectivity index (χ3v) is 3.35. The van der Waals surface area contributed by atoms with Crippen LogP contribution in [0, 0.1) is 0 Å². The molecule has 0 bridgehead atoms. The van der Waals surface area contributed by atoms with Gasteiger partial charge in [0.15, 0.2) is 5.82 Å². The normalized spacial score (nSPS) is 11.9. The van der Waals surface area contributed by atoms with Crippen molar-refractivity contribution in [3.63, 3.8) is 0 Å². The lowest BCUT2D eigenvalue weighted by Gasteiger charge is -2.11. The first-order chi connectivity index (χ1) is 9.38. The predicted molar refractivity (Wildman–Crippen MR) is 70.3 cm³/mol. The Balaban J connectivity index is 2.52. The van der Waals surface area contributed by atoms with Crippen molar-refractivity contribution in [1.82, 2.24) is 14.8 Å². The molecule has 108 valence electrons. The molecule has 3 nitrogen and oxygen atoms in total. The number of halogens is 5. The van der Waals surface area contributed by atoms with Crippen LogP contribution in [0.2, 0.25) is 5.02 Å². The van der Waals surface area contributed by atoms with E-state index in [4.69, 9.17) is 23.2 Å². The van der Waals surface area contributed by atoms with Gasteiger partial charge in [-0.15, -0.1) is 11.6 Å². The maximum absolute atomic E-state index is 12.6. The third kappa shape index (κ3) is 2.76. The number of aromatic nitrogens is 3. The van der Waals surface area contributed by atoms with Crippen LogP contribution in [0.5, 0.6) is 0 Å². The lowest BCUT2D eigenvalue weighted by atomic mass is 10.2. The van der Waals surface area contributed by atoms with Gasteiger partial charge in [0.2, 0.25) is 0 Å². The third-order valence-electron chi connectivity index (χ3n) is 2.78. The number of hydrogen-bond acceptors (Lipinski definition) is 2. The standard InChI is InChI=1S/C12H10Cl2F3N3/c1-2-10-7(4-13)5-19-20(10)11-9(14)3-8(6-18-11)12(15,16)17/h3,5-6H,2,4H2,1H3. The molecule has 8 heteroatoms. The SMILES string of the molecule is CCc1c(CCl)cnn1-c1ncc(C(F)(F)F)cc1Cl. The highest BCUT2D eigenvalue weighted by molar-refractivity contribution is 6.32. The summed E-state index contributed by atoms with van der Waals surface area (Å²) < 4.78 is 39.1. The second kappa shape index (κ2) is 5.61. The molecule has 2 heterocycles. The first-order valence-electron chi connectivity index (χ1n) is 5.73. The van der Waals surface area contributed by atoms with E-state index in [0.29, 0.717) is 6.42 Å². The van der Waals surface area contributed by atoms with Crippen LogP contribution in [-0.2, 0) is 18.5 Å². The Morgan fingerprint density at radius 3 is 2.50 bits per heavy atom. The van der Waals surface area contributed by atoms with Gasteiger partial charge in [-0.1, -0.05) is 18.5 Å². The molecule has 0 aliphatic carbocycles. The molecule has 2 aromatic rings. The summed E-state index contributed by atoms with van der Waals surface area (Å²) in [5.74, 6) is 0.425. The molecule has 0 aromatic carbocycles. The summed E-state index contributed by atoms with van der Waals surface area (Å²) in [6, 6.07) is 0.839. The number of nitrogens with zero attached hydrogens (tertiary/aromatic N) is 3. The summed E-state index contributed by atoms with van der Waals surface area (Å²) in [6.07, 6.45) is -1.57. The van der Waals surface area contributed by atoms with Crippen LogP contribution in [0.15, 0.2) is 18.5 Å². The molecule has 0 saturated carbocycles. The largest absolute Gasteiger partial charge is 0.417 e. The van der Waals surface area contributed by atoms with Crippen LogP contribution in [0.1, 0.15) is 23.7 Å². The zero-order valence-electron chi connectivity index (χ0n) is 10.4. The zero-order valence-corrected chi connectivity index (χ0v) is 11.9. The molecule has 0 fully saturated rings.